The molecule has 100 valence electrons. The molecule has 7 heteroatoms. The molecule has 0 rings (SSSR count). The van der Waals surface area contributed by atoms with Crippen molar-refractivity contribution in [3.8, 4) is 0 Å². The Balaban J connectivity index is 5.10. The Labute approximate surface area is 110 Å². The highest BCUT2D eigenvalue weighted by Gasteiger charge is 2.32. The number of carbonyl (C=O) groups is 1. The molecule has 0 bridgehead atoms. The van der Waals surface area contributed by atoms with Crippen LogP contribution in [0.2, 0.25) is 0 Å². The lowest BCUT2D eigenvalue weighted by molar-refractivity contribution is -0.134. The second-order valence-corrected chi connectivity index (χ2v) is 7.16. The molecule has 0 aromatic carbocycles. The summed E-state index contributed by atoms with van der Waals surface area (Å²) in [4.78, 5) is 11.1. The van der Waals surface area contributed by atoms with E-state index in [1.807, 2.05) is 0 Å². The van der Waals surface area contributed by atoms with Crippen LogP contribution in [0.4, 0.5) is 0 Å². The van der Waals surface area contributed by atoms with Gasteiger partial charge in [-0.15, -0.1) is 0 Å². The van der Waals surface area contributed by atoms with Gasteiger partial charge in [0, 0.05) is 6.08 Å². The van der Waals surface area contributed by atoms with Gasteiger partial charge in [-0.05, 0) is 43.6 Å². The van der Waals surface area contributed by atoms with Crippen molar-refractivity contribution in [1.82, 2.24) is 0 Å². The third-order valence-corrected chi connectivity index (χ3v) is 4.98. The summed E-state index contributed by atoms with van der Waals surface area (Å²) in [5.41, 5.74) is 0. The van der Waals surface area contributed by atoms with Crippen LogP contribution in [0.1, 0.15) is 27.7 Å². The minimum atomic E-state index is -3.51. The van der Waals surface area contributed by atoms with E-state index in [4.69, 9.17) is 9.05 Å². The quantitative estimate of drug-likeness (QED) is 0.424. The predicted octanol–water partition coefficient (Wildman–Crippen LogP) is 3.44. The number of rotatable bonds is 6. The molecule has 0 aliphatic rings. The fourth-order valence-corrected chi connectivity index (χ4v) is 3.23. The maximum Gasteiger partial charge on any atom is 0.369 e. The smallest absolute Gasteiger partial charge is 0.369 e. The van der Waals surface area contributed by atoms with Gasteiger partial charge in [0.05, 0.1) is 19.3 Å². The summed E-state index contributed by atoms with van der Waals surface area (Å²) in [6.07, 6.45) is 0.460. The molecule has 0 aromatic rings. The summed E-state index contributed by atoms with van der Waals surface area (Å²) in [5, 5.41) is 0. The highest BCUT2D eigenvalue weighted by Crippen LogP contribution is 2.60. The van der Waals surface area contributed by atoms with E-state index in [1.54, 1.807) is 27.7 Å². The van der Waals surface area contributed by atoms with Crippen LogP contribution < -0.4 is 0 Å². The van der Waals surface area contributed by atoms with Gasteiger partial charge in [-0.3, -0.25) is 4.57 Å². The average Bonchev–Trinajstić information content (AvgIpc) is 2.14. The fraction of sp³-hybridized carbons (Fsp3) is 0.700. The number of methoxy groups -OCH3 is 1. The van der Waals surface area contributed by atoms with Gasteiger partial charge in [0.2, 0.25) is 0 Å². The highest BCUT2D eigenvalue weighted by atomic mass is 79.9. The van der Waals surface area contributed by atoms with E-state index >= 15 is 0 Å². The fourth-order valence-electron chi connectivity index (χ4n) is 0.916. The molecule has 0 radical (unpaired) electrons. The number of hydrogen-bond acceptors (Lipinski definition) is 5. The normalized spacial score (nSPS) is 13.3. The lowest BCUT2D eigenvalue weighted by Gasteiger charge is -2.22. The van der Waals surface area contributed by atoms with Crippen LogP contribution >= 0.6 is 23.5 Å². The lowest BCUT2D eigenvalue weighted by Crippen LogP contribution is -2.08. The average molecular weight is 329 g/mol. The molecule has 0 saturated carbocycles. The first kappa shape index (κ1) is 16.8. The summed E-state index contributed by atoms with van der Waals surface area (Å²) in [6.45, 7) is 6.92. The van der Waals surface area contributed by atoms with Gasteiger partial charge in [-0.2, -0.15) is 0 Å². The maximum absolute atomic E-state index is 12.4. The zero-order valence-corrected chi connectivity index (χ0v) is 13.1. The number of hydrogen-bond donors (Lipinski definition) is 0. The largest absolute Gasteiger partial charge is 0.466 e. The Morgan fingerprint density at radius 2 is 1.59 bits per heavy atom. The standard InChI is InChI=1S/C10H18BrO5P/c1-7(2)15-17(13,16-8(3)4)9(11)6-10(12)14-5/h6-8H,1-5H3/b9-6+. The molecule has 0 spiro atoms. The Hall–Kier alpha value is -0.160. The van der Waals surface area contributed by atoms with Crippen LogP contribution in [0, 0.1) is 0 Å². The molecule has 5 nitrogen and oxygen atoms in total. The van der Waals surface area contributed by atoms with E-state index in [0.717, 1.165) is 6.08 Å². The second-order valence-electron chi connectivity index (χ2n) is 3.80. The maximum atomic E-state index is 12.4. The number of ether oxygens (including phenoxy) is 1. The summed E-state index contributed by atoms with van der Waals surface area (Å²) in [5.74, 6) is -0.628. The third-order valence-electron chi connectivity index (χ3n) is 1.40. The van der Waals surface area contributed by atoms with Crippen molar-refractivity contribution in [2.24, 2.45) is 0 Å². The Morgan fingerprint density at radius 1 is 1.18 bits per heavy atom. The zero-order valence-electron chi connectivity index (χ0n) is 10.6. The SMILES string of the molecule is COC(=O)/C=C(\Br)P(=O)(OC(C)C)OC(C)C. The molecule has 0 atom stereocenters. The molecule has 0 amide bonds. The van der Waals surface area contributed by atoms with Gasteiger partial charge in [-0.1, -0.05) is 0 Å². The van der Waals surface area contributed by atoms with Crippen LogP contribution in [0.5, 0.6) is 0 Å². The highest BCUT2D eigenvalue weighted by molar-refractivity contribution is 9.13. The van der Waals surface area contributed by atoms with Crippen LogP contribution in [-0.4, -0.2) is 25.3 Å². The first-order valence-electron chi connectivity index (χ1n) is 5.13. The van der Waals surface area contributed by atoms with Crippen LogP contribution in [-0.2, 0) is 23.1 Å². The van der Waals surface area contributed by atoms with Crippen molar-refractivity contribution in [2.45, 2.75) is 39.9 Å². The van der Waals surface area contributed by atoms with Gasteiger partial charge >= 0.3 is 13.6 Å². The van der Waals surface area contributed by atoms with Crippen LogP contribution in [0.15, 0.2) is 10.3 Å². The molecular weight excluding hydrogens is 311 g/mol. The van der Waals surface area contributed by atoms with E-state index in [-0.39, 0.29) is 16.4 Å². The van der Waals surface area contributed by atoms with E-state index in [0.29, 0.717) is 0 Å². The van der Waals surface area contributed by atoms with Crippen molar-refractivity contribution in [1.29, 1.82) is 0 Å². The van der Waals surface area contributed by atoms with Crippen molar-refractivity contribution in [3.63, 3.8) is 0 Å². The molecule has 0 fully saturated rings. The van der Waals surface area contributed by atoms with E-state index in [9.17, 15) is 9.36 Å². The number of esters is 1. The molecular formula is C10H18BrO5P. The van der Waals surface area contributed by atoms with Gasteiger partial charge in [0.15, 0.2) is 0 Å². The third kappa shape index (κ3) is 6.36. The summed E-state index contributed by atoms with van der Waals surface area (Å²) in [6, 6.07) is 0. The van der Waals surface area contributed by atoms with E-state index < -0.39 is 13.6 Å². The van der Waals surface area contributed by atoms with Gasteiger partial charge in [0.25, 0.3) is 0 Å². The topological polar surface area (TPSA) is 61.8 Å². The monoisotopic (exact) mass is 328 g/mol. The number of carbonyl (C=O) groups excluding carboxylic acids is 1. The first-order chi connectivity index (χ1) is 7.71. The Bertz CT molecular complexity index is 324. The lowest BCUT2D eigenvalue weighted by atomic mass is 10.5. The van der Waals surface area contributed by atoms with Crippen molar-refractivity contribution in [3.05, 3.63) is 10.3 Å². The molecule has 0 N–H and O–H groups in total. The molecule has 0 heterocycles. The Kier molecular flexibility index (Phi) is 7.24. The van der Waals surface area contributed by atoms with E-state index in [2.05, 4.69) is 20.7 Å². The van der Waals surface area contributed by atoms with Gasteiger partial charge in [-0.25, -0.2) is 4.79 Å². The van der Waals surface area contributed by atoms with Crippen LogP contribution in [0.25, 0.3) is 0 Å². The first-order valence-corrected chi connectivity index (χ1v) is 7.47. The molecule has 0 unspecified atom stereocenters. The summed E-state index contributed by atoms with van der Waals surface area (Å²) in [7, 11) is -2.28. The molecule has 0 aliphatic carbocycles. The van der Waals surface area contributed by atoms with Gasteiger partial charge < -0.3 is 13.8 Å². The molecule has 0 saturated heterocycles. The molecule has 17 heavy (non-hydrogen) atoms. The predicted molar refractivity (Wildman–Crippen MR) is 69.1 cm³/mol. The minimum Gasteiger partial charge on any atom is -0.466 e. The summed E-state index contributed by atoms with van der Waals surface area (Å²) >= 11 is 3.05. The minimum absolute atomic E-state index is 0.0549. The van der Waals surface area contributed by atoms with Crippen molar-refractivity contribution in [2.75, 3.05) is 7.11 Å². The van der Waals surface area contributed by atoms with E-state index in [1.165, 1.54) is 7.11 Å². The second kappa shape index (κ2) is 7.31. The summed E-state index contributed by atoms with van der Waals surface area (Å²) < 4.78 is 27.5. The van der Waals surface area contributed by atoms with Crippen molar-refractivity contribution >= 4 is 29.5 Å². The van der Waals surface area contributed by atoms with Crippen molar-refractivity contribution < 1.29 is 23.1 Å². The van der Waals surface area contributed by atoms with Gasteiger partial charge in [0.1, 0.15) is 4.22 Å². The zero-order chi connectivity index (χ0) is 13.6. The number of halogens is 1. The Morgan fingerprint density at radius 3 is 1.88 bits per heavy atom. The molecule has 0 aliphatic heterocycles. The van der Waals surface area contributed by atoms with Crippen LogP contribution in [0.3, 0.4) is 0 Å². The molecule has 0 aromatic heterocycles.